The summed E-state index contributed by atoms with van der Waals surface area (Å²) in [5.41, 5.74) is 1.05. The van der Waals surface area contributed by atoms with Gasteiger partial charge in [-0.25, -0.2) is 0 Å². The topological polar surface area (TPSA) is 20.2 Å². The predicted molar refractivity (Wildman–Crippen MR) is 67.1 cm³/mol. The van der Waals surface area contributed by atoms with Gasteiger partial charge in [0.1, 0.15) is 0 Å². The third kappa shape index (κ3) is 1.90. The van der Waals surface area contributed by atoms with Crippen LogP contribution in [-0.2, 0) is 0 Å². The maximum absolute atomic E-state index is 10.3. The Morgan fingerprint density at radius 3 is 2.86 bits per heavy atom. The van der Waals surface area contributed by atoms with Gasteiger partial charge in [-0.2, -0.15) is 23.1 Å². The van der Waals surface area contributed by atoms with E-state index in [-0.39, 0.29) is 10.9 Å². The third-order valence-corrected chi connectivity index (χ3v) is 6.10. The van der Waals surface area contributed by atoms with E-state index < -0.39 is 0 Å². The fourth-order valence-corrected chi connectivity index (χ4v) is 4.69. The largest absolute Gasteiger partial charge is 0.387 e. The van der Waals surface area contributed by atoms with Crippen molar-refractivity contribution in [2.24, 2.45) is 0 Å². The molecule has 0 bridgehead atoms. The average molecular weight is 293 g/mol. The Bertz CT molecular complexity index is 318. The molecule has 0 aliphatic carbocycles. The Kier molecular flexibility index (Phi) is 3.27. The molecular formula is C10H13BrOS2. The first-order valence-electron chi connectivity index (χ1n) is 4.67. The molecule has 0 aromatic carbocycles. The van der Waals surface area contributed by atoms with Crippen molar-refractivity contribution >= 4 is 39.0 Å². The lowest BCUT2D eigenvalue weighted by Crippen LogP contribution is -2.26. The van der Waals surface area contributed by atoms with E-state index in [1.54, 1.807) is 11.3 Å². The highest BCUT2D eigenvalue weighted by Crippen LogP contribution is 2.48. The Morgan fingerprint density at radius 1 is 1.57 bits per heavy atom. The highest BCUT2D eigenvalue weighted by atomic mass is 79.9. The van der Waals surface area contributed by atoms with Crippen molar-refractivity contribution in [3.63, 3.8) is 0 Å². The molecule has 1 aromatic heterocycles. The van der Waals surface area contributed by atoms with Crippen LogP contribution in [-0.4, -0.2) is 15.6 Å². The van der Waals surface area contributed by atoms with Gasteiger partial charge in [0.2, 0.25) is 0 Å². The lowest BCUT2D eigenvalue weighted by atomic mass is 9.95. The number of rotatable bonds is 2. The highest BCUT2D eigenvalue weighted by molar-refractivity contribution is 9.10. The Hall–Kier alpha value is 0.490. The molecule has 1 nitrogen and oxygen atoms in total. The van der Waals surface area contributed by atoms with Gasteiger partial charge < -0.3 is 5.11 Å². The lowest BCUT2D eigenvalue weighted by Gasteiger charge is -2.29. The minimum absolute atomic E-state index is 0.0175. The summed E-state index contributed by atoms with van der Waals surface area (Å²) in [7, 11) is 0. The molecule has 0 radical (unpaired) electrons. The zero-order chi connectivity index (χ0) is 10.2. The molecule has 1 N–H and O–H groups in total. The number of aliphatic hydroxyl groups excluding tert-OH is 1. The van der Waals surface area contributed by atoms with Gasteiger partial charge in [0.25, 0.3) is 0 Å². The molecule has 0 amide bonds. The second kappa shape index (κ2) is 4.16. The number of halogens is 1. The van der Waals surface area contributed by atoms with Crippen molar-refractivity contribution < 1.29 is 5.11 Å². The summed E-state index contributed by atoms with van der Waals surface area (Å²) in [5, 5.41) is 14.4. The van der Waals surface area contributed by atoms with Crippen LogP contribution in [0.4, 0.5) is 0 Å². The normalized spacial score (nSPS) is 29.4. The SMILES string of the molecule is CC1(C(O)c2cscc2Br)CCCS1. The van der Waals surface area contributed by atoms with Crippen molar-refractivity contribution in [2.45, 2.75) is 30.6 Å². The Morgan fingerprint density at radius 2 is 2.36 bits per heavy atom. The van der Waals surface area contributed by atoms with E-state index in [0.29, 0.717) is 0 Å². The van der Waals surface area contributed by atoms with Crippen LogP contribution in [0.2, 0.25) is 0 Å². The second-order valence-corrected chi connectivity index (χ2v) is 7.07. The van der Waals surface area contributed by atoms with Gasteiger partial charge in [0, 0.05) is 20.2 Å². The molecular weight excluding hydrogens is 280 g/mol. The highest BCUT2D eigenvalue weighted by Gasteiger charge is 2.38. The molecule has 2 heterocycles. The maximum Gasteiger partial charge on any atom is 0.0952 e. The number of hydrogen-bond donors (Lipinski definition) is 1. The van der Waals surface area contributed by atoms with Crippen molar-refractivity contribution in [1.82, 2.24) is 0 Å². The smallest absolute Gasteiger partial charge is 0.0952 e. The van der Waals surface area contributed by atoms with Crippen molar-refractivity contribution in [1.29, 1.82) is 0 Å². The first-order chi connectivity index (χ1) is 6.63. The van der Waals surface area contributed by atoms with E-state index in [4.69, 9.17) is 0 Å². The van der Waals surface area contributed by atoms with Crippen molar-refractivity contribution in [2.75, 3.05) is 5.75 Å². The summed E-state index contributed by atoms with van der Waals surface area (Å²) >= 11 is 7.01. The number of thioether (sulfide) groups is 1. The van der Waals surface area contributed by atoms with Gasteiger partial charge in [-0.1, -0.05) is 0 Å². The Labute approximate surface area is 101 Å². The summed E-state index contributed by atoms with van der Waals surface area (Å²) in [6.07, 6.45) is 2.00. The zero-order valence-corrected chi connectivity index (χ0v) is 11.2. The number of hydrogen-bond acceptors (Lipinski definition) is 3. The van der Waals surface area contributed by atoms with E-state index in [0.717, 1.165) is 16.5 Å². The fraction of sp³-hybridized carbons (Fsp3) is 0.600. The van der Waals surface area contributed by atoms with Crippen molar-refractivity contribution in [3.05, 3.63) is 20.8 Å². The molecule has 14 heavy (non-hydrogen) atoms. The van der Waals surface area contributed by atoms with Crippen LogP contribution in [0.15, 0.2) is 15.2 Å². The fourth-order valence-electron chi connectivity index (χ4n) is 1.83. The first kappa shape index (κ1) is 11.0. The maximum atomic E-state index is 10.3. The van der Waals surface area contributed by atoms with Crippen LogP contribution >= 0.6 is 39.0 Å². The molecule has 1 aliphatic rings. The predicted octanol–water partition coefficient (Wildman–Crippen LogP) is 3.83. The van der Waals surface area contributed by atoms with Gasteiger partial charge in [0.05, 0.1) is 6.10 Å². The second-order valence-electron chi connectivity index (χ2n) is 3.84. The zero-order valence-electron chi connectivity index (χ0n) is 8.00. The third-order valence-electron chi connectivity index (χ3n) is 2.76. The summed E-state index contributed by atoms with van der Waals surface area (Å²) in [6.45, 7) is 2.17. The molecule has 78 valence electrons. The van der Waals surface area contributed by atoms with Gasteiger partial charge in [-0.15, -0.1) is 0 Å². The molecule has 1 saturated heterocycles. The Balaban J connectivity index is 2.23. The first-order valence-corrected chi connectivity index (χ1v) is 7.39. The van der Waals surface area contributed by atoms with E-state index in [1.165, 1.54) is 12.2 Å². The minimum Gasteiger partial charge on any atom is -0.387 e. The lowest BCUT2D eigenvalue weighted by molar-refractivity contribution is 0.135. The average Bonchev–Trinajstić information content (AvgIpc) is 2.74. The molecule has 1 fully saturated rings. The van der Waals surface area contributed by atoms with Crippen molar-refractivity contribution in [3.8, 4) is 0 Å². The molecule has 0 saturated carbocycles. The molecule has 1 aliphatic heterocycles. The summed E-state index contributed by atoms with van der Waals surface area (Å²) in [5.74, 6) is 1.18. The molecule has 2 atom stereocenters. The molecule has 2 rings (SSSR count). The van der Waals surface area contributed by atoms with Gasteiger partial charge in [0.15, 0.2) is 0 Å². The minimum atomic E-state index is -0.337. The van der Waals surface area contributed by atoms with Crippen LogP contribution in [0.1, 0.15) is 31.4 Å². The quantitative estimate of drug-likeness (QED) is 0.894. The van der Waals surface area contributed by atoms with E-state index in [2.05, 4.69) is 22.9 Å². The van der Waals surface area contributed by atoms with Gasteiger partial charge in [-0.05, 0) is 46.8 Å². The summed E-state index contributed by atoms with van der Waals surface area (Å²) in [4.78, 5) is 0. The van der Waals surface area contributed by atoms with Crippen LogP contribution in [0.3, 0.4) is 0 Å². The molecule has 2 unspecified atom stereocenters. The van der Waals surface area contributed by atoms with Gasteiger partial charge >= 0.3 is 0 Å². The van der Waals surface area contributed by atoms with E-state index >= 15 is 0 Å². The van der Waals surface area contributed by atoms with Crippen LogP contribution < -0.4 is 0 Å². The molecule has 1 aromatic rings. The molecule has 4 heteroatoms. The number of thiophene rings is 1. The van der Waals surface area contributed by atoms with E-state index in [1.807, 2.05) is 22.5 Å². The van der Waals surface area contributed by atoms with Crippen LogP contribution in [0, 0.1) is 0 Å². The summed E-state index contributed by atoms with van der Waals surface area (Å²) < 4.78 is 1.06. The summed E-state index contributed by atoms with van der Waals surface area (Å²) in [6, 6.07) is 0. The number of aliphatic hydroxyl groups is 1. The van der Waals surface area contributed by atoms with Gasteiger partial charge in [-0.3, -0.25) is 0 Å². The van der Waals surface area contributed by atoms with Crippen LogP contribution in [0.25, 0.3) is 0 Å². The molecule has 0 spiro atoms. The van der Waals surface area contributed by atoms with E-state index in [9.17, 15) is 5.11 Å². The monoisotopic (exact) mass is 292 g/mol. The standard InChI is InChI=1S/C10H13BrOS2/c1-10(3-2-4-14-10)9(12)7-5-13-6-8(7)11/h5-6,9,12H,2-4H2,1H3. The van der Waals surface area contributed by atoms with Crippen LogP contribution in [0.5, 0.6) is 0 Å².